The summed E-state index contributed by atoms with van der Waals surface area (Å²) in [5, 5.41) is 8.19. The van der Waals surface area contributed by atoms with E-state index in [-0.39, 0.29) is 0 Å². The highest BCUT2D eigenvalue weighted by Crippen LogP contribution is 2.09. The van der Waals surface area contributed by atoms with Crippen LogP contribution in [0, 0.1) is 12.0 Å². The van der Waals surface area contributed by atoms with E-state index in [1.165, 1.54) is 0 Å². The molecule has 46 valence electrons. The molecule has 0 aromatic heterocycles. The average molecular weight is 120 g/mol. The van der Waals surface area contributed by atoms with Gasteiger partial charge in [-0.1, -0.05) is 18.2 Å². The second kappa shape index (κ2) is 2.99. The first-order valence-electron chi connectivity index (χ1n) is 2.94. The number of rotatable bonds is 0. The SMILES string of the molecule is OC#CC1=CC=CCC1. The number of aliphatic hydroxyl groups excluding tert-OH is 1. The van der Waals surface area contributed by atoms with Crippen LogP contribution in [-0.2, 0) is 0 Å². The molecule has 0 fully saturated rings. The van der Waals surface area contributed by atoms with Crippen molar-refractivity contribution in [2.45, 2.75) is 12.8 Å². The molecule has 0 saturated carbocycles. The molecule has 1 heteroatoms. The predicted molar refractivity (Wildman–Crippen MR) is 36.2 cm³/mol. The van der Waals surface area contributed by atoms with Crippen LogP contribution in [0.3, 0.4) is 0 Å². The van der Waals surface area contributed by atoms with Crippen LogP contribution < -0.4 is 0 Å². The molecule has 0 heterocycles. The van der Waals surface area contributed by atoms with Gasteiger partial charge in [-0.15, -0.1) is 0 Å². The van der Waals surface area contributed by atoms with Crippen LogP contribution in [0.5, 0.6) is 0 Å². The van der Waals surface area contributed by atoms with Gasteiger partial charge in [-0.25, -0.2) is 0 Å². The first-order chi connectivity index (χ1) is 4.43. The lowest BCUT2D eigenvalue weighted by atomic mass is 10.1. The molecule has 0 aliphatic heterocycles. The predicted octanol–water partition coefficient (Wildman–Crippen LogP) is 1.60. The summed E-state index contributed by atoms with van der Waals surface area (Å²) < 4.78 is 0. The van der Waals surface area contributed by atoms with Crippen LogP contribution in [0.2, 0.25) is 0 Å². The van der Waals surface area contributed by atoms with Crippen LogP contribution >= 0.6 is 0 Å². The Morgan fingerprint density at radius 2 is 2.44 bits per heavy atom. The van der Waals surface area contributed by atoms with E-state index in [4.69, 9.17) is 5.11 Å². The Labute approximate surface area is 54.7 Å². The van der Waals surface area contributed by atoms with Crippen molar-refractivity contribution < 1.29 is 5.11 Å². The number of aliphatic hydroxyl groups is 1. The normalized spacial score (nSPS) is 15.8. The molecule has 0 bridgehead atoms. The maximum absolute atomic E-state index is 8.19. The zero-order chi connectivity index (χ0) is 6.53. The van der Waals surface area contributed by atoms with Gasteiger partial charge in [0.25, 0.3) is 0 Å². The van der Waals surface area contributed by atoms with Gasteiger partial charge in [0, 0.05) is 5.57 Å². The topological polar surface area (TPSA) is 20.2 Å². The summed E-state index contributed by atoms with van der Waals surface area (Å²) in [6, 6.07) is 0. The maximum atomic E-state index is 8.19. The van der Waals surface area contributed by atoms with Gasteiger partial charge in [-0.3, -0.25) is 0 Å². The minimum Gasteiger partial charge on any atom is -0.462 e. The van der Waals surface area contributed by atoms with E-state index in [0.717, 1.165) is 18.4 Å². The largest absolute Gasteiger partial charge is 0.462 e. The van der Waals surface area contributed by atoms with E-state index in [9.17, 15) is 0 Å². The summed E-state index contributed by atoms with van der Waals surface area (Å²) in [6.07, 6.45) is 9.86. The smallest absolute Gasteiger partial charge is 0.112 e. The third kappa shape index (κ3) is 1.65. The van der Waals surface area contributed by atoms with Gasteiger partial charge in [-0.05, 0) is 18.8 Å². The molecule has 0 spiro atoms. The Kier molecular flexibility index (Phi) is 1.98. The molecule has 0 radical (unpaired) electrons. The molecule has 0 aromatic rings. The van der Waals surface area contributed by atoms with Crippen molar-refractivity contribution in [3.8, 4) is 12.0 Å². The van der Waals surface area contributed by atoms with Crippen LogP contribution in [0.25, 0.3) is 0 Å². The van der Waals surface area contributed by atoms with Gasteiger partial charge >= 0.3 is 0 Å². The molecular formula is C8H8O. The molecule has 0 saturated heterocycles. The summed E-state index contributed by atoms with van der Waals surface area (Å²) >= 11 is 0. The van der Waals surface area contributed by atoms with Gasteiger partial charge in [0.05, 0.1) is 0 Å². The minimum atomic E-state index is 0.962. The molecule has 0 amide bonds. The zero-order valence-corrected chi connectivity index (χ0v) is 5.09. The van der Waals surface area contributed by atoms with Crippen LogP contribution in [0.4, 0.5) is 0 Å². The van der Waals surface area contributed by atoms with E-state index in [2.05, 4.69) is 12.0 Å². The van der Waals surface area contributed by atoms with Crippen LogP contribution in [0.15, 0.2) is 23.8 Å². The second-order valence-electron chi connectivity index (χ2n) is 1.90. The summed E-state index contributed by atoms with van der Waals surface area (Å²) in [4.78, 5) is 0. The summed E-state index contributed by atoms with van der Waals surface area (Å²) in [6.45, 7) is 0. The highest BCUT2D eigenvalue weighted by Gasteiger charge is 1.93. The lowest BCUT2D eigenvalue weighted by Gasteiger charge is -1.98. The van der Waals surface area contributed by atoms with Crippen molar-refractivity contribution in [3.63, 3.8) is 0 Å². The molecular weight excluding hydrogens is 112 g/mol. The standard InChI is InChI=1S/C8H8O/c9-7-6-8-4-2-1-3-5-8/h1-2,4,9H,3,5H2. The minimum absolute atomic E-state index is 0.962. The number of hydrogen-bond acceptors (Lipinski definition) is 1. The van der Waals surface area contributed by atoms with Gasteiger partial charge < -0.3 is 5.11 Å². The van der Waals surface area contributed by atoms with Crippen molar-refractivity contribution >= 4 is 0 Å². The molecule has 1 nitrogen and oxygen atoms in total. The highest BCUT2D eigenvalue weighted by atomic mass is 16.2. The second-order valence-corrected chi connectivity index (χ2v) is 1.90. The Morgan fingerprint density at radius 1 is 1.56 bits per heavy atom. The first kappa shape index (κ1) is 5.97. The fraction of sp³-hybridized carbons (Fsp3) is 0.250. The summed E-state index contributed by atoms with van der Waals surface area (Å²) in [5.41, 5.74) is 1.01. The van der Waals surface area contributed by atoms with E-state index in [1.54, 1.807) is 0 Å². The first-order valence-corrected chi connectivity index (χ1v) is 2.94. The highest BCUT2D eigenvalue weighted by molar-refractivity contribution is 5.32. The van der Waals surface area contributed by atoms with Crippen LogP contribution in [0.1, 0.15) is 12.8 Å². The monoisotopic (exact) mass is 120 g/mol. The zero-order valence-electron chi connectivity index (χ0n) is 5.09. The van der Waals surface area contributed by atoms with E-state index in [1.807, 2.05) is 18.3 Å². The molecule has 0 aromatic carbocycles. The fourth-order valence-corrected chi connectivity index (χ4v) is 0.779. The molecule has 0 unspecified atom stereocenters. The Morgan fingerprint density at radius 3 is 3.00 bits per heavy atom. The van der Waals surface area contributed by atoms with Gasteiger partial charge in [0.1, 0.15) is 6.11 Å². The van der Waals surface area contributed by atoms with E-state index >= 15 is 0 Å². The van der Waals surface area contributed by atoms with Gasteiger partial charge in [0.2, 0.25) is 0 Å². The average Bonchev–Trinajstić information content (AvgIpc) is 1.91. The van der Waals surface area contributed by atoms with Crippen molar-refractivity contribution in [1.82, 2.24) is 0 Å². The van der Waals surface area contributed by atoms with Crippen molar-refractivity contribution in [2.24, 2.45) is 0 Å². The van der Waals surface area contributed by atoms with E-state index < -0.39 is 0 Å². The molecule has 1 aliphatic rings. The molecule has 1 aliphatic carbocycles. The molecule has 1 rings (SSSR count). The Balaban J connectivity index is 2.65. The molecule has 9 heavy (non-hydrogen) atoms. The molecule has 0 atom stereocenters. The maximum Gasteiger partial charge on any atom is 0.112 e. The van der Waals surface area contributed by atoms with Gasteiger partial charge in [-0.2, -0.15) is 0 Å². The van der Waals surface area contributed by atoms with E-state index in [0.29, 0.717) is 0 Å². The summed E-state index contributed by atoms with van der Waals surface area (Å²) in [5.74, 6) is 2.60. The number of allylic oxidation sites excluding steroid dienone is 4. The van der Waals surface area contributed by atoms with Gasteiger partial charge in [0.15, 0.2) is 0 Å². The lowest BCUT2D eigenvalue weighted by molar-refractivity contribution is 0.517. The van der Waals surface area contributed by atoms with Crippen molar-refractivity contribution in [3.05, 3.63) is 23.8 Å². The van der Waals surface area contributed by atoms with Crippen LogP contribution in [-0.4, -0.2) is 5.11 Å². The van der Waals surface area contributed by atoms with Crippen molar-refractivity contribution in [2.75, 3.05) is 0 Å². The Bertz CT molecular complexity index is 200. The fourth-order valence-electron chi connectivity index (χ4n) is 0.779. The lowest BCUT2D eigenvalue weighted by Crippen LogP contribution is -1.82. The third-order valence-electron chi connectivity index (χ3n) is 1.23. The number of hydrogen-bond donors (Lipinski definition) is 1. The summed E-state index contributed by atoms with van der Waals surface area (Å²) in [7, 11) is 0. The molecule has 1 N–H and O–H groups in total. The third-order valence-corrected chi connectivity index (χ3v) is 1.23. The quantitative estimate of drug-likeness (QED) is 0.481. The Hall–Kier alpha value is -1.16. The van der Waals surface area contributed by atoms with Crippen molar-refractivity contribution in [1.29, 1.82) is 0 Å².